The van der Waals surface area contributed by atoms with Crippen molar-refractivity contribution in [3.8, 4) is 0 Å². The lowest BCUT2D eigenvalue weighted by atomic mass is 9.77. The Morgan fingerprint density at radius 3 is 2.71 bits per heavy atom. The van der Waals surface area contributed by atoms with E-state index in [0.717, 1.165) is 17.9 Å². The average molecular weight is 320 g/mol. The Hall–Kier alpha value is -1.02. The van der Waals surface area contributed by atoms with E-state index < -0.39 is 0 Å². The minimum Gasteiger partial charge on any atom is -0.313 e. The molecular weight excluding hydrogens is 301 g/mol. The van der Waals surface area contributed by atoms with Gasteiger partial charge in [0.15, 0.2) is 0 Å². The summed E-state index contributed by atoms with van der Waals surface area (Å²) in [6, 6.07) is 14.9. The van der Waals surface area contributed by atoms with Gasteiger partial charge in [0, 0.05) is 16.1 Å². The Labute approximate surface area is 136 Å². The lowest BCUT2D eigenvalue weighted by molar-refractivity contribution is 0.335. The van der Waals surface area contributed by atoms with Gasteiger partial charge in [-0.25, -0.2) is 0 Å². The summed E-state index contributed by atoms with van der Waals surface area (Å²) in [5.41, 5.74) is 4.09. The molecule has 110 valence electrons. The van der Waals surface area contributed by atoms with Gasteiger partial charge >= 0.3 is 0 Å². The van der Waals surface area contributed by atoms with Crippen molar-refractivity contribution >= 4 is 23.2 Å². The number of aryl methyl sites for hydroxylation is 1. The molecule has 0 amide bonds. The van der Waals surface area contributed by atoms with Crippen molar-refractivity contribution in [3.05, 3.63) is 69.2 Å². The molecular formula is C18H19Cl2N. The zero-order chi connectivity index (χ0) is 14.8. The first-order valence-electron chi connectivity index (χ1n) is 7.38. The third kappa shape index (κ3) is 3.11. The molecule has 0 spiro atoms. The first kappa shape index (κ1) is 14.9. The molecule has 1 aliphatic carbocycles. The lowest BCUT2D eigenvalue weighted by Crippen LogP contribution is -2.31. The van der Waals surface area contributed by atoms with Gasteiger partial charge < -0.3 is 5.32 Å². The van der Waals surface area contributed by atoms with Gasteiger partial charge in [0.25, 0.3) is 0 Å². The van der Waals surface area contributed by atoms with Crippen LogP contribution in [0.4, 0.5) is 0 Å². The molecule has 0 aliphatic heterocycles. The van der Waals surface area contributed by atoms with Gasteiger partial charge in [0.05, 0.1) is 0 Å². The summed E-state index contributed by atoms with van der Waals surface area (Å²) < 4.78 is 0. The third-order valence-electron chi connectivity index (χ3n) is 4.45. The molecule has 0 bridgehead atoms. The van der Waals surface area contributed by atoms with Crippen molar-refractivity contribution < 1.29 is 0 Å². The van der Waals surface area contributed by atoms with Crippen LogP contribution in [0.3, 0.4) is 0 Å². The van der Waals surface area contributed by atoms with Gasteiger partial charge in [-0.05, 0) is 61.1 Å². The first-order chi connectivity index (χ1) is 10.2. The molecule has 3 heteroatoms. The number of hydrogen-bond donors (Lipinski definition) is 1. The van der Waals surface area contributed by atoms with E-state index in [0.29, 0.717) is 17.0 Å². The van der Waals surface area contributed by atoms with Crippen LogP contribution in [0.5, 0.6) is 0 Å². The van der Waals surface area contributed by atoms with E-state index in [1.54, 1.807) is 0 Å². The number of rotatable bonds is 3. The largest absolute Gasteiger partial charge is 0.313 e. The summed E-state index contributed by atoms with van der Waals surface area (Å²) >= 11 is 12.3. The van der Waals surface area contributed by atoms with Crippen molar-refractivity contribution in [2.24, 2.45) is 5.92 Å². The molecule has 3 rings (SSSR count). The zero-order valence-electron chi connectivity index (χ0n) is 12.1. The Morgan fingerprint density at radius 1 is 1.14 bits per heavy atom. The van der Waals surface area contributed by atoms with Crippen LogP contribution in [0, 0.1) is 5.92 Å². The molecule has 0 fully saturated rings. The summed E-state index contributed by atoms with van der Waals surface area (Å²) in [6.07, 6.45) is 3.31. The fourth-order valence-electron chi connectivity index (χ4n) is 3.41. The van der Waals surface area contributed by atoms with E-state index in [-0.39, 0.29) is 0 Å². The second kappa shape index (κ2) is 6.39. The van der Waals surface area contributed by atoms with E-state index in [4.69, 9.17) is 23.2 Å². The van der Waals surface area contributed by atoms with Crippen LogP contribution < -0.4 is 5.32 Å². The Bertz CT molecular complexity index is 639. The van der Waals surface area contributed by atoms with Gasteiger partial charge in [-0.3, -0.25) is 0 Å². The van der Waals surface area contributed by atoms with Gasteiger partial charge in [-0.2, -0.15) is 0 Å². The van der Waals surface area contributed by atoms with E-state index in [2.05, 4.69) is 35.6 Å². The molecule has 21 heavy (non-hydrogen) atoms. The molecule has 0 aromatic heterocycles. The minimum atomic E-state index is 0.390. The maximum absolute atomic E-state index is 6.34. The predicted octanol–water partition coefficient (Wildman–Crippen LogP) is 5.06. The summed E-state index contributed by atoms with van der Waals surface area (Å²) in [6.45, 7) is 0. The number of benzene rings is 2. The number of fused-ring (bicyclic) bond motifs is 1. The smallest absolute Gasteiger partial charge is 0.0452 e. The number of hydrogen-bond acceptors (Lipinski definition) is 1. The van der Waals surface area contributed by atoms with Crippen LogP contribution >= 0.6 is 23.2 Å². The highest BCUT2D eigenvalue weighted by atomic mass is 35.5. The van der Waals surface area contributed by atoms with Crippen molar-refractivity contribution in [2.75, 3.05) is 7.05 Å². The zero-order valence-corrected chi connectivity index (χ0v) is 13.6. The Balaban J connectivity index is 1.86. The fraction of sp³-hybridized carbons (Fsp3) is 0.333. The van der Waals surface area contributed by atoms with Crippen molar-refractivity contribution in [2.45, 2.75) is 25.3 Å². The average Bonchev–Trinajstić information content (AvgIpc) is 2.49. The quantitative estimate of drug-likeness (QED) is 0.833. The van der Waals surface area contributed by atoms with Crippen LogP contribution in [0.1, 0.15) is 29.2 Å². The highest BCUT2D eigenvalue weighted by Crippen LogP contribution is 2.37. The molecule has 2 unspecified atom stereocenters. The number of halogens is 2. The van der Waals surface area contributed by atoms with Crippen molar-refractivity contribution in [3.63, 3.8) is 0 Å². The van der Waals surface area contributed by atoms with Crippen LogP contribution in [0.25, 0.3) is 0 Å². The van der Waals surface area contributed by atoms with Crippen molar-refractivity contribution in [1.82, 2.24) is 5.32 Å². The fourth-order valence-corrected chi connectivity index (χ4v) is 3.89. The predicted molar refractivity (Wildman–Crippen MR) is 90.2 cm³/mol. The third-order valence-corrected chi connectivity index (χ3v) is 5.04. The minimum absolute atomic E-state index is 0.390. The summed E-state index contributed by atoms with van der Waals surface area (Å²) in [7, 11) is 2.04. The highest BCUT2D eigenvalue weighted by molar-refractivity contribution is 6.35. The first-order valence-corrected chi connectivity index (χ1v) is 8.13. The highest BCUT2D eigenvalue weighted by Gasteiger charge is 2.28. The van der Waals surface area contributed by atoms with Gasteiger partial charge in [-0.15, -0.1) is 0 Å². The molecule has 2 aromatic rings. The Morgan fingerprint density at radius 2 is 1.95 bits per heavy atom. The van der Waals surface area contributed by atoms with E-state index in [9.17, 15) is 0 Å². The van der Waals surface area contributed by atoms with Gasteiger partial charge in [0.1, 0.15) is 0 Å². The maximum atomic E-state index is 6.34. The van der Waals surface area contributed by atoms with E-state index >= 15 is 0 Å². The molecule has 2 aromatic carbocycles. The summed E-state index contributed by atoms with van der Waals surface area (Å²) in [5.74, 6) is 0.559. The van der Waals surface area contributed by atoms with Gasteiger partial charge in [0.2, 0.25) is 0 Å². The monoisotopic (exact) mass is 319 g/mol. The molecule has 0 radical (unpaired) electrons. The molecule has 1 aliphatic rings. The number of nitrogens with one attached hydrogen (secondary N) is 1. The lowest BCUT2D eigenvalue weighted by Gasteiger charge is -2.34. The van der Waals surface area contributed by atoms with Crippen LogP contribution in [-0.2, 0) is 12.8 Å². The second-order valence-electron chi connectivity index (χ2n) is 5.70. The Kier molecular flexibility index (Phi) is 4.54. The SMILES string of the molecule is CNC1c2ccccc2CCC1Cc1ccc(Cl)cc1Cl. The topological polar surface area (TPSA) is 12.0 Å². The normalized spacial score (nSPS) is 21.1. The standard InChI is InChI=1S/C18H19Cl2N/c1-21-18-14(7-6-12-4-2-3-5-16(12)18)10-13-8-9-15(19)11-17(13)20/h2-5,8-9,11,14,18,21H,6-7,10H2,1H3. The maximum Gasteiger partial charge on any atom is 0.0452 e. The van der Waals surface area contributed by atoms with E-state index in [1.165, 1.54) is 23.1 Å². The molecule has 1 nitrogen and oxygen atoms in total. The van der Waals surface area contributed by atoms with E-state index in [1.807, 2.05) is 19.2 Å². The van der Waals surface area contributed by atoms with Crippen LogP contribution in [-0.4, -0.2) is 7.05 Å². The molecule has 0 heterocycles. The van der Waals surface area contributed by atoms with Crippen LogP contribution in [0.15, 0.2) is 42.5 Å². The molecule has 2 atom stereocenters. The molecule has 0 saturated heterocycles. The summed E-state index contributed by atoms with van der Waals surface area (Å²) in [4.78, 5) is 0. The van der Waals surface area contributed by atoms with Crippen LogP contribution in [0.2, 0.25) is 10.0 Å². The second-order valence-corrected chi connectivity index (χ2v) is 6.55. The van der Waals surface area contributed by atoms with Gasteiger partial charge in [-0.1, -0.05) is 53.5 Å². The summed E-state index contributed by atoms with van der Waals surface area (Å²) in [5, 5.41) is 4.96. The van der Waals surface area contributed by atoms with Crippen molar-refractivity contribution in [1.29, 1.82) is 0 Å². The molecule has 0 saturated carbocycles. The molecule has 1 N–H and O–H groups in total.